The second-order valence-corrected chi connectivity index (χ2v) is 7.38. The number of nitrogens with one attached hydrogen (secondary N) is 1. The maximum atomic E-state index is 12.4. The topological polar surface area (TPSA) is 88.6 Å². The second kappa shape index (κ2) is 7.73. The molecule has 132 valence electrons. The molecule has 7 nitrogen and oxygen atoms in total. The lowest BCUT2D eigenvalue weighted by molar-refractivity contribution is 0.0303. The van der Waals surface area contributed by atoms with Crippen LogP contribution in [-0.4, -0.2) is 50.5 Å². The molecule has 1 amide bonds. The van der Waals surface area contributed by atoms with Crippen LogP contribution in [0, 0.1) is 0 Å². The van der Waals surface area contributed by atoms with Crippen molar-refractivity contribution in [2.75, 3.05) is 26.3 Å². The number of hydrogen-bond acceptors (Lipinski definition) is 5. The monoisotopic (exact) mass is 361 g/mol. The van der Waals surface area contributed by atoms with E-state index in [-0.39, 0.29) is 17.3 Å². The van der Waals surface area contributed by atoms with E-state index < -0.39 is 10.0 Å². The summed E-state index contributed by atoms with van der Waals surface area (Å²) in [7, 11) is -3.65. The van der Waals surface area contributed by atoms with Crippen LogP contribution in [0.3, 0.4) is 0 Å². The second-order valence-electron chi connectivity index (χ2n) is 5.61. The lowest BCUT2D eigenvalue weighted by Gasteiger charge is -2.26. The molecule has 1 N–H and O–H groups in total. The SMILES string of the molecule is O=C(c1ccc(S(=O)(=O)NCc2cccnc2)cc1)N1CCOCC1. The highest BCUT2D eigenvalue weighted by Gasteiger charge is 2.20. The first-order valence-corrected chi connectivity index (χ1v) is 9.40. The van der Waals surface area contributed by atoms with E-state index in [1.165, 1.54) is 24.3 Å². The summed E-state index contributed by atoms with van der Waals surface area (Å²) >= 11 is 0. The molecule has 1 aromatic heterocycles. The third-order valence-electron chi connectivity index (χ3n) is 3.90. The highest BCUT2D eigenvalue weighted by molar-refractivity contribution is 7.89. The Hall–Kier alpha value is -2.29. The number of pyridine rings is 1. The number of morpholine rings is 1. The third kappa shape index (κ3) is 4.41. The van der Waals surface area contributed by atoms with Gasteiger partial charge in [-0.1, -0.05) is 6.07 Å². The number of rotatable bonds is 5. The third-order valence-corrected chi connectivity index (χ3v) is 5.32. The number of benzene rings is 1. The molecular weight excluding hydrogens is 342 g/mol. The molecule has 0 saturated carbocycles. The molecule has 25 heavy (non-hydrogen) atoms. The molecule has 0 spiro atoms. The molecule has 1 aliphatic heterocycles. The quantitative estimate of drug-likeness (QED) is 0.859. The Morgan fingerprint density at radius 2 is 1.88 bits per heavy atom. The highest BCUT2D eigenvalue weighted by Crippen LogP contribution is 2.13. The number of carbonyl (C=O) groups excluding carboxylic acids is 1. The molecule has 2 heterocycles. The number of carbonyl (C=O) groups is 1. The molecule has 1 aromatic carbocycles. The van der Waals surface area contributed by atoms with Crippen LogP contribution in [0.5, 0.6) is 0 Å². The van der Waals surface area contributed by atoms with Crippen LogP contribution in [0.15, 0.2) is 53.7 Å². The van der Waals surface area contributed by atoms with Crippen molar-refractivity contribution >= 4 is 15.9 Å². The van der Waals surface area contributed by atoms with E-state index in [1.807, 2.05) is 0 Å². The number of aromatic nitrogens is 1. The molecule has 1 fully saturated rings. The Morgan fingerprint density at radius 1 is 1.16 bits per heavy atom. The normalized spacial score (nSPS) is 15.1. The minimum absolute atomic E-state index is 0.115. The predicted molar refractivity (Wildman–Crippen MR) is 91.4 cm³/mol. The Kier molecular flexibility index (Phi) is 5.42. The summed E-state index contributed by atoms with van der Waals surface area (Å²) in [5.41, 5.74) is 1.23. The van der Waals surface area contributed by atoms with Crippen LogP contribution in [0.25, 0.3) is 0 Å². The van der Waals surface area contributed by atoms with Crippen LogP contribution in [0.2, 0.25) is 0 Å². The molecule has 2 aromatic rings. The Bertz CT molecular complexity index is 817. The van der Waals surface area contributed by atoms with Crippen molar-refractivity contribution < 1.29 is 17.9 Å². The van der Waals surface area contributed by atoms with Crippen molar-refractivity contribution in [2.45, 2.75) is 11.4 Å². The average molecular weight is 361 g/mol. The first-order chi connectivity index (χ1) is 12.1. The van der Waals surface area contributed by atoms with Gasteiger partial charge in [-0.05, 0) is 35.9 Å². The fraction of sp³-hybridized carbons (Fsp3) is 0.294. The van der Waals surface area contributed by atoms with Gasteiger partial charge in [-0.25, -0.2) is 13.1 Å². The van der Waals surface area contributed by atoms with Gasteiger partial charge >= 0.3 is 0 Å². The van der Waals surface area contributed by atoms with E-state index in [2.05, 4.69) is 9.71 Å². The zero-order valence-electron chi connectivity index (χ0n) is 13.6. The summed E-state index contributed by atoms with van der Waals surface area (Å²) in [6, 6.07) is 9.50. The predicted octanol–water partition coefficient (Wildman–Crippen LogP) is 1.03. The Balaban J connectivity index is 1.67. The Morgan fingerprint density at radius 3 is 2.52 bits per heavy atom. The van der Waals surface area contributed by atoms with Crippen molar-refractivity contribution in [1.29, 1.82) is 0 Å². The number of amides is 1. The maximum absolute atomic E-state index is 12.4. The molecular formula is C17H19N3O4S. The smallest absolute Gasteiger partial charge is 0.254 e. The van der Waals surface area contributed by atoms with Gasteiger partial charge in [0.1, 0.15) is 0 Å². The van der Waals surface area contributed by atoms with Crippen LogP contribution in [0.1, 0.15) is 15.9 Å². The Labute approximate surface area is 146 Å². The molecule has 0 atom stereocenters. The van der Waals surface area contributed by atoms with E-state index in [0.29, 0.717) is 31.9 Å². The summed E-state index contributed by atoms with van der Waals surface area (Å²) in [5.74, 6) is -0.115. The van der Waals surface area contributed by atoms with Crippen LogP contribution < -0.4 is 4.72 Å². The van der Waals surface area contributed by atoms with Crippen molar-refractivity contribution in [2.24, 2.45) is 0 Å². The maximum Gasteiger partial charge on any atom is 0.254 e. The van der Waals surface area contributed by atoms with Gasteiger partial charge in [-0.15, -0.1) is 0 Å². The fourth-order valence-corrected chi connectivity index (χ4v) is 3.51. The van der Waals surface area contributed by atoms with Gasteiger partial charge in [0.2, 0.25) is 10.0 Å². The van der Waals surface area contributed by atoms with E-state index in [9.17, 15) is 13.2 Å². The van der Waals surface area contributed by atoms with Crippen molar-refractivity contribution in [1.82, 2.24) is 14.6 Å². The van der Waals surface area contributed by atoms with Gasteiger partial charge in [0.15, 0.2) is 0 Å². The number of sulfonamides is 1. The van der Waals surface area contributed by atoms with Gasteiger partial charge in [-0.2, -0.15) is 0 Å². The molecule has 1 aliphatic rings. The van der Waals surface area contributed by atoms with Gasteiger partial charge in [-0.3, -0.25) is 9.78 Å². The molecule has 3 rings (SSSR count). The number of ether oxygens (including phenoxy) is 1. The van der Waals surface area contributed by atoms with E-state index in [0.717, 1.165) is 5.56 Å². The minimum atomic E-state index is -3.65. The van der Waals surface area contributed by atoms with Crippen LogP contribution in [-0.2, 0) is 21.3 Å². The van der Waals surface area contributed by atoms with E-state index >= 15 is 0 Å². The summed E-state index contributed by atoms with van der Waals surface area (Å²) < 4.78 is 32.4. The van der Waals surface area contributed by atoms with Gasteiger partial charge in [0, 0.05) is 37.6 Å². The molecule has 0 aliphatic carbocycles. The first-order valence-electron chi connectivity index (χ1n) is 7.92. The van der Waals surface area contributed by atoms with Crippen molar-refractivity contribution in [3.05, 3.63) is 59.9 Å². The van der Waals surface area contributed by atoms with Crippen LogP contribution >= 0.6 is 0 Å². The lowest BCUT2D eigenvalue weighted by atomic mass is 10.2. The largest absolute Gasteiger partial charge is 0.378 e. The molecule has 0 bridgehead atoms. The lowest BCUT2D eigenvalue weighted by Crippen LogP contribution is -2.40. The van der Waals surface area contributed by atoms with Crippen molar-refractivity contribution in [3.63, 3.8) is 0 Å². The van der Waals surface area contributed by atoms with Gasteiger partial charge < -0.3 is 9.64 Å². The fourth-order valence-electron chi connectivity index (χ4n) is 2.49. The number of nitrogens with zero attached hydrogens (tertiary/aromatic N) is 2. The molecule has 0 radical (unpaired) electrons. The summed E-state index contributed by atoms with van der Waals surface area (Å²) in [6.07, 6.45) is 3.23. The average Bonchev–Trinajstić information content (AvgIpc) is 2.67. The summed E-state index contributed by atoms with van der Waals surface area (Å²) in [6.45, 7) is 2.30. The summed E-state index contributed by atoms with van der Waals surface area (Å²) in [5, 5.41) is 0. The first kappa shape index (κ1) is 17.5. The van der Waals surface area contributed by atoms with Gasteiger partial charge in [0.25, 0.3) is 5.91 Å². The standard InChI is InChI=1S/C17H19N3O4S/c21-17(20-8-10-24-11-9-20)15-3-5-16(6-4-15)25(22,23)19-13-14-2-1-7-18-12-14/h1-7,12,19H,8-11,13H2. The molecule has 1 saturated heterocycles. The number of hydrogen-bond donors (Lipinski definition) is 1. The molecule has 0 unspecified atom stereocenters. The van der Waals surface area contributed by atoms with E-state index in [4.69, 9.17) is 4.74 Å². The van der Waals surface area contributed by atoms with Crippen LogP contribution in [0.4, 0.5) is 0 Å². The van der Waals surface area contributed by atoms with E-state index in [1.54, 1.807) is 29.4 Å². The summed E-state index contributed by atoms with van der Waals surface area (Å²) in [4.78, 5) is 18.1. The van der Waals surface area contributed by atoms with Crippen molar-refractivity contribution in [3.8, 4) is 0 Å². The zero-order chi connectivity index (χ0) is 17.7. The van der Waals surface area contributed by atoms with Gasteiger partial charge in [0.05, 0.1) is 18.1 Å². The zero-order valence-corrected chi connectivity index (χ0v) is 14.4. The molecule has 8 heteroatoms. The highest BCUT2D eigenvalue weighted by atomic mass is 32.2. The minimum Gasteiger partial charge on any atom is -0.378 e.